The molecule has 0 spiro atoms. The fourth-order valence-corrected chi connectivity index (χ4v) is 3.85. The topological polar surface area (TPSA) is 143 Å². The number of Topliss-reactive ketones (excluding diaryl/α,β-unsaturated/α-hetero) is 2. The van der Waals surface area contributed by atoms with Crippen LogP contribution in [0, 0.1) is 0 Å². The standard InChI is InChI=1S/C22H30N4O5/c27-13-11-23-7-9-25-17-5-6-22(31,26-10-8-24-12-14-28)19-18(17)20(29)15-3-1-2-4-16(15)21(19)30/h1-5,23-28,31H,6-14H2. The van der Waals surface area contributed by atoms with Gasteiger partial charge in [0.25, 0.3) is 0 Å². The molecule has 2 aliphatic rings. The van der Waals surface area contributed by atoms with E-state index in [2.05, 4.69) is 21.3 Å². The first kappa shape index (κ1) is 23.3. The molecule has 1 aromatic carbocycles. The lowest BCUT2D eigenvalue weighted by atomic mass is 9.74. The number of nitrogens with one attached hydrogen (secondary N) is 4. The Labute approximate surface area is 181 Å². The highest BCUT2D eigenvalue weighted by Gasteiger charge is 2.46. The summed E-state index contributed by atoms with van der Waals surface area (Å²) in [5, 5.41) is 41.4. The van der Waals surface area contributed by atoms with Crippen LogP contribution >= 0.6 is 0 Å². The average molecular weight is 431 g/mol. The summed E-state index contributed by atoms with van der Waals surface area (Å²) in [4.78, 5) is 26.7. The lowest BCUT2D eigenvalue weighted by molar-refractivity contribution is 0.0378. The second-order valence-electron chi connectivity index (χ2n) is 7.44. The smallest absolute Gasteiger partial charge is 0.196 e. The first-order valence-electron chi connectivity index (χ1n) is 10.5. The van der Waals surface area contributed by atoms with Crippen LogP contribution in [0.25, 0.3) is 0 Å². The number of aliphatic hydroxyl groups excluding tert-OH is 2. The maximum Gasteiger partial charge on any atom is 0.196 e. The van der Waals surface area contributed by atoms with E-state index >= 15 is 0 Å². The van der Waals surface area contributed by atoms with Crippen molar-refractivity contribution in [2.75, 3.05) is 52.5 Å². The van der Waals surface area contributed by atoms with Crippen molar-refractivity contribution in [3.05, 3.63) is 58.3 Å². The molecule has 0 bridgehead atoms. The van der Waals surface area contributed by atoms with Crippen molar-refractivity contribution in [1.82, 2.24) is 21.3 Å². The number of rotatable bonds is 12. The number of hydrogen-bond donors (Lipinski definition) is 7. The van der Waals surface area contributed by atoms with Gasteiger partial charge in [0, 0.05) is 62.5 Å². The van der Waals surface area contributed by atoms with Crippen LogP contribution in [0.2, 0.25) is 0 Å². The van der Waals surface area contributed by atoms with Crippen molar-refractivity contribution >= 4 is 11.6 Å². The van der Waals surface area contributed by atoms with E-state index in [1.54, 1.807) is 30.3 Å². The summed E-state index contributed by atoms with van der Waals surface area (Å²) in [6.07, 6.45) is 1.86. The van der Waals surface area contributed by atoms with Gasteiger partial charge in [-0.1, -0.05) is 30.3 Å². The number of aliphatic hydroxyl groups is 3. The lowest BCUT2D eigenvalue weighted by Gasteiger charge is -2.38. The summed E-state index contributed by atoms with van der Waals surface area (Å²) in [5.74, 6) is -0.667. The van der Waals surface area contributed by atoms with E-state index in [-0.39, 0.29) is 47.9 Å². The molecule has 0 radical (unpaired) electrons. The minimum absolute atomic E-state index is 0.00820. The summed E-state index contributed by atoms with van der Waals surface area (Å²) in [6, 6.07) is 6.64. The number of benzene rings is 1. The Bertz CT molecular complexity index is 882. The molecular formula is C22H30N4O5. The molecule has 7 N–H and O–H groups in total. The van der Waals surface area contributed by atoms with Gasteiger partial charge in [-0.15, -0.1) is 0 Å². The van der Waals surface area contributed by atoms with Gasteiger partial charge < -0.3 is 31.3 Å². The predicted molar refractivity (Wildman–Crippen MR) is 116 cm³/mol. The van der Waals surface area contributed by atoms with Crippen LogP contribution in [-0.4, -0.2) is 85.1 Å². The Morgan fingerprint density at radius 1 is 0.839 bits per heavy atom. The van der Waals surface area contributed by atoms with Crippen LogP contribution in [0.4, 0.5) is 0 Å². The van der Waals surface area contributed by atoms with E-state index in [1.165, 1.54) is 0 Å². The van der Waals surface area contributed by atoms with E-state index in [0.29, 0.717) is 50.5 Å². The van der Waals surface area contributed by atoms with E-state index < -0.39 is 5.72 Å². The van der Waals surface area contributed by atoms with Gasteiger partial charge in [0.2, 0.25) is 0 Å². The molecular weight excluding hydrogens is 400 g/mol. The Balaban J connectivity index is 1.87. The molecule has 2 aliphatic carbocycles. The van der Waals surface area contributed by atoms with Gasteiger partial charge >= 0.3 is 0 Å². The van der Waals surface area contributed by atoms with Crippen LogP contribution < -0.4 is 21.3 Å². The molecule has 0 saturated carbocycles. The largest absolute Gasteiger partial charge is 0.395 e. The molecule has 0 aliphatic heterocycles. The Morgan fingerprint density at radius 3 is 2.10 bits per heavy atom. The number of allylic oxidation sites excluding steroid dienone is 1. The zero-order chi connectivity index (χ0) is 22.3. The summed E-state index contributed by atoms with van der Waals surface area (Å²) in [7, 11) is 0. The summed E-state index contributed by atoms with van der Waals surface area (Å²) < 4.78 is 0. The molecule has 1 aromatic rings. The third-order valence-corrected chi connectivity index (χ3v) is 5.32. The van der Waals surface area contributed by atoms with Crippen LogP contribution in [-0.2, 0) is 0 Å². The third kappa shape index (κ3) is 5.09. The van der Waals surface area contributed by atoms with E-state index in [0.717, 1.165) is 0 Å². The third-order valence-electron chi connectivity index (χ3n) is 5.32. The highest BCUT2D eigenvalue weighted by atomic mass is 16.3. The molecule has 0 aromatic heterocycles. The average Bonchev–Trinajstić information content (AvgIpc) is 2.78. The van der Waals surface area contributed by atoms with Gasteiger partial charge in [0.15, 0.2) is 11.6 Å². The number of ketones is 2. The van der Waals surface area contributed by atoms with Crippen molar-refractivity contribution in [1.29, 1.82) is 0 Å². The molecule has 31 heavy (non-hydrogen) atoms. The fourth-order valence-electron chi connectivity index (χ4n) is 3.85. The molecule has 168 valence electrons. The van der Waals surface area contributed by atoms with E-state index in [9.17, 15) is 14.7 Å². The summed E-state index contributed by atoms with van der Waals surface area (Å²) in [5.41, 5.74) is -0.279. The number of hydrogen-bond acceptors (Lipinski definition) is 9. The maximum absolute atomic E-state index is 13.4. The fraction of sp³-hybridized carbons (Fsp3) is 0.455. The zero-order valence-electron chi connectivity index (χ0n) is 17.4. The van der Waals surface area contributed by atoms with Gasteiger partial charge in [-0.05, 0) is 0 Å². The second kappa shape index (κ2) is 10.8. The van der Waals surface area contributed by atoms with Gasteiger partial charge in [-0.25, -0.2) is 0 Å². The van der Waals surface area contributed by atoms with Crippen molar-refractivity contribution in [2.24, 2.45) is 0 Å². The molecule has 0 saturated heterocycles. The van der Waals surface area contributed by atoms with Gasteiger partial charge in [-0.2, -0.15) is 0 Å². The summed E-state index contributed by atoms with van der Waals surface area (Å²) >= 11 is 0. The van der Waals surface area contributed by atoms with Crippen molar-refractivity contribution in [2.45, 2.75) is 12.1 Å². The second-order valence-corrected chi connectivity index (χ2v) is 7.44. The number of fused-ring (bicyclic) bond motifs is 1. The highest BCUT2D eigenvalue weighted by molar-refractivity contribution is 6.29. The minimum Gasteiger partial charge on any atom is -0.395 e. The minimum atomic E-state index is -1.67. The van der Waals surface area contributed by atoms with Gasteiger partial charge in [-0.3, -0.25) is 14.9 Å². The molecule has 1 atom stereocenters. The van der Waals surface area contributed by atoms with Crippen molar-refractivity contribution in [3.63, 3.8) is 0 Å². The Hall–Kier alpha value is -2.40. The van der Waals surface area contributed by atoms with E-state index in [4.69, 9.17) is 10.2 Å². The normalized spacial score (nSPS) is 20.4. The summed E-state index contributed by atoms with van der Waals surface area (Å²) in [6.45, 7) is 2.82. The quantitative estimate of drug-likeness (QED) is 0.159. The van der Waals surface area contributed by atoms with Crippen LogP contribution in [0.3, 0.4) is 0 Å². The first-order chi connectivity index (χ1) is 15.0. The number of carbonyl (C=O) groups is 2. The van der Waals surface area contributed by atoms with Crippen LogP contribution in [0.5, 0.6) is 0 Å². The molecule has 0 fully saturated rings. The SMILES string of the molecule is O=C1C2=C(C(=O)c3ccccc31)C(O)(NCCNCCO)CC=C2NCCNCCO. The monoisotopic (exact) mass is 430 g/mol. The Morgan fingerprint density at radius 2 is 1.45 bits per heavy atom. The molecule has 1 unspecified atom stereocenters. The lowest BCUT2D eigenvalue weighted by Crippen LogP contribution is -2.54. The molecule has 0 heterocycles. The van der Waals surface area contributed by atoms with Crippen molar-refractivity contribution in [3.8, 4) is 0 Å². The van der Waals surface area contributed by atoms with Crippen molar-refractivity contribution < 1.29 is 24.9 Å². The predicted octanol–water partition coefficient (Wildman–Crippen LogP) is -1.32. The maximum atomic E-state index is 13.4. The van der Waals surface area contributed by atoms with Crippen LogP contribution in [0.15, 0.2) is 47.2 Å². The van der Waals surface area contributed by atoms with Gasteiger partial charge in [0.05, 0.1) is 24.4 Å². The van der Waals surface area contributed by atoms with Gasteiger partial charge in [0.1, 0.15) is 5.72 Å². The van der Waals surface area contributed by atoms with E-state index in [1.807, 2.05) is 0 Å². The zero-order valence-corrected chi connectivity index (χ0v) is 17.4. The Kier molecular flexibility index (Phi) is 8.08. The molecule has 0 amide bonds. The first-order valence-corrected chi connectivity index (χ1v) is 10.5. The highest BCUT2D eigenvalue weighted by Crippen LogP contribution is 2.39. The molecule has 9 heteroatoms. The van der Waals surface area contributed by atoms with Crippen LogP contribution in [0.1, 0.15) is 27.1 Å². The molecule has 9 nitrogen and oxygen atoms in total. The number of carbonyl (C=O) groups excluding carboxylic acids is 2. The molecule has 3 rings (SSSR count).